The average molecular weight is 1030 g/mol. The molecule has 422 valence electrons. The molecule has 0 aromatic heterocycles. The Kier molecular flexibility index (Phi) is 58.3. The van der Waals surface area contributed by atoms with Crippen molar-refractivity contribution in [2.75, 3.05) is 13.2 Å². The minimum Gasteiger partial charge on any atom is -0.462 e. The average Bonchev–Trinajstić information content (AvgIpc) is 3.40. The van der Waals surface area contributed by atoms with Crippen LogP contribution in [-0.4, -0.2) is 37.2 Å². The normalized spacial score (nSPS) is 12.9. The van der Waals surface area contributed by atoms with Crippen molar-refractivity contribution in [3.63, 3.8) is 0 Å². The molecule has 0 aromatic rings. The lowest BCUT2D eigenvalue weighted by Crippen LogP contribution is -2.30. The van der Waals surface area contributed by atoms with Gasteiger partial charge in [-0.1, -0.05) is 259 Å². The van der Waals surface area contributed by atoms with E-state index < -0.39 is 6.10 Å². The van der Waals surface area contributed by atoms with Crippen LogP contribution in [0.25, 0.3) is 0 Å². The van der Waals surface area contributed by atoms with Crippen molar-refractivity contribution in [3.05, 3.63) is 109 Å². The summed E-state index contributed by atoms with van der Waals surface area (Å²) in [5.74, 6) is -0.915. The van der Waals surface area contributed by atoms with Gasteiger partial charge >= 0.3 is 17.9 Å². The molecule has 0 heterocycles. The number of ether oxygens (including phenoxy) is 3. The second kappa shape index (κ2) is 61.6. The predicted octanol–water partition coefficient (Wildman–Crippen LogP) is 21.0. The van der Waals surface area contributed by atoms with E-state index in [9.17, 15) is 14.4 Å². The Labute approximate surface area is 457 Å². The summed E-state index contributed by atoms with van der Waals surface area (Å²) in [6.07, 6.45) is 83.8. The van der Waals surface area contributed by atoms with E-state index in [0.29, 0.717) is 19.3 Å². The van der Waals surface area contributed by atoms with Crippen molar-refractivity contribution in [1.82, 2.24) is 0 Å². The highest BCUT2D eigenvalue weighted by Gasteiger charge is 2.19. The summed E-state index contributed by atoms with van der Waals surface area (Å²) < 4.78 is 16.9. The van der Waals surface area contributed by atoms with E-state index in [-0.39, 0.29) is 31.1 Å². The van der Waals surface area contributed by atoms with Crippen LogP contribution in [0.1, 0.15) is 284 Å². The summed E-state index contributed by atoms with van der Waals surface area (Å²) >= 11 is 0. The monoisotopic (exact) mass is 1030 g/mol. The van der Waals surface area contributed by atoms with Crippen molar-refractivity contribution in [1.29, 1.82) is 0 Å². The maximum absolute atomic E-state index is 12.8. The largest absolute Gasteiger partial charge is 0.462 e. The third kappa shape index (κ3) is 59.0. The molecule has 0 saturated carbocycles. The van der Waals surface area contributed by atoms with Crippen LogP contribution >= 0.6 is 0 Å². The van der Waals surface area contributed by atoms with Crippen LogP contribution in [0.2, 0.25) is 0 Å². The van der Waals surface area contributed by atoms with Gasteiger partial charge in [0.15, 0.2) is 6.10 Å². The van der Waals surface area contributed by atoms with Crippen molar-refractivity contribution in [2.45, 2.75) is 290 Å². The second-order valence-corrected chi connectivity index (χ2v) is 20.2. The van der Waals surface area contributed by atoms with Gasteiger partial charge in [-0.25, -0.2) is 0 Å². The molecule has 6 heteroatoms. The minimum absolute atomic E-state index is 0.0888. The molecule has 74 heavy (non-hydrogen) atoms. The van der Waals surface area contributed by atoms with Crippen molar-refractivity contribution >= 4 is 17.9 Å². The molecule has 0 fully saturated rings. The second-order valence-electron chi connectivity index (χ2n) is 20.2. The molecule has 0 spiro atoms. The van der Waals surface area contributed by atoms with E-state index in [2.05, 4.69) is 130 Å². The molecular formula is C68H114O6. The maximum atomic E-state index is 12.8. The summed E-state index contributed by atoms with van der Waals surface area (Å²) in [7, 11) is 0. The van der Waals surface area contributed by atoms with E-state index in [1.54, 1.807) is 0 Å². The molecule has 0 amide bonds. The molecule has 0 aliphatic carbocycles. The SMILES string of the molecule is CC/C=C\C/C=C\C/C=C\C/C=C\C/C=C\CCCCCCCCCCCCCCCC(=O)OCC(COC(=O)CCCCCCC/C=C\C/C=C\CCC)OC(=O)CCCCCCC/C=C\C/C=C\CCCC. The summed E-state index contributed by atoms with van der Waals surface area (Å²) in [4.78, 5) is 38.2. The summed E-state index contributed by atoms with van der Waals surface area (Å²) in [6, 6.07) is 0. The number of hydrogen-bond acceptors (Lipinski definition) is 6. The summed E-state index contributed by atoms with van der Waals surface area (Å²) in [5, 5.41) is 0. The van der Waals surface area contributed by atoms with E-state index in [4.69, 9.17) is 14.2 Å². The molecule has 0 aromatic carbocycles. The molecule has 0 aliphatic rings. The van der Waals surface area contributed by atoms with Gasteiger partial charge in [-0.15, -0.1) is 0 Å². The first-order chi connectivity index (χ1) is 36.5. The molecule has 1 unspecified atom stereocenters. The van der Waals surface area contributed by atoms with E-state index in [1.807, 2.05) is 0 Å². The number of allylic oxidation sites excluding steroid dienone is 18. The Balaban J connectivity index is 4.25. The number of unbranched alkanes of at least 4 members (excludes halogenated alkanes) is 26. The van der Waals surface area contributed by atoms with Gasteiger partial charge in [0.2, 0.25) is 0 Å². The minimum atomic E-state index is -0.793. The molecule has 0 bridgehead atoms. The molecule has 0 saturated heterocycles. The van der Waals surface area contributed by atoms with E-state index in [0.717, 1.165) is 148 Å². The van der Waals surface area contributed by atoms with Gasteiger partial charge in [-0.2, -0.15) is 0 Å². The van der Waals surface area contributed by atoms with Gasteiger partial charge in [0.25, 0.3) is 0 Å². The molecule has 6 nitrogen and oxygen atoms in total. The topological polar surface area (TPSA) is 78.9 Å². The first-order valence-electron chi connectivity index (χ1n) is 30.9. The molecule has 1 atom stereocenters. The van der Waals surface area contributed by atoms with Crippen LogP contribution < -0.4 is 0 Å². The van der Waals surface area contributed by atoms with Crippen molar-refractivity contribution < 1.29 is 28.6 Å². The fourth-order valence-electron chi connectivity index (χ4n) is 8.35. The van der Waals surface area contributed by atoms with Crippen LogP contribution in [-0.2, 0) is 28.6 Å². The number of rotatable bonds is 55. The Morgan fingerprint density at radius 3 is 0.878 bits per heavy atom. The van der Waals surface area contributed by atoms with Gasteiger partial charge in [-0.05, 0) is 116 Å². The molecule has 0 N–H and O–H groups in total. The Morgan fingerprint density at radius 2 is 0.554 bits per heavy atom. The van der Waals surface area contributed by atoms with Crippen LogP contribution in [0.5, 0.6) is 0 Å². The molecule has 0 aliphatic heterocycles. The standard InChI is InChI=1S/C68H114O6/c1-4-7-10-13-16-19-22-25-27-28-29-30-31-32-33-34-35-36-37-38-39-40-41-44-46-49-52-55-58-61-67(70)73-64-65(63-72-66(69)60-57-54-51-48-45-42-24-21-18-15-12-9-6-3)74-68(71)62-59-56-53-50-47-43-26-23-20-17-14-11-8-5-2/h7,10,12,14-17,19,21,23-27,29-30,32-33,65H,4-6,8-9,11,13,18,20,22,28,31,34-64H2,1-3H3/b10-7-,15-12-,17-14-,19-16-,24-21-,26-23-,27-25-,30-29-,33-32-. The van der Waals surface area contributed by atoms with Gasteiger partial charge < -0.3 is 14.2 Å². The van der Waals surface area contributed by atoms with Crippen molar-refractivity contribution in [3.8, 4) is 0 Å². The number of carbonyl (C=O) groups excluding carboxylic acids is 3. The zero-order chi connectivity index (χ0) is 53.6. The number of esters is 3. The van der Waals surface area contributed by atoms with Crippen molar-refractivity contribution in [2.24, 2.45) is 0 Å². The Morgan fingerprint density at radius 1 is 0.284 bits per heavy atom. The van der Waals surface area contributed by atoms with Crippen LogP contribution in [0.3, 0.4) is 0 Å². The number of hydrogen-bond donors (Lipinski definition) is 0. The van der Waals surface area contributed by atoms with Gasteiger partial charge in [0.1, 0.15) is 13.2 Å². The lowest BCUT2D eigenvalue weighted by Gasteiger charge is -2.18. The molecule has 0 rings (SSSR count). The Hall–Kier alpha value is -3.93. The summed E-state index contributed by atoms with van der Waals surface area (Å²) in [5.41, 5.74) is 0. The highest BCUT2D eigenvalue weighted by atomic mass is 16.6. The van der Waals surface area contributed by atoms with Gasteiger partial charge in [-0.3, -0.25) is 14.4 Å². The van der Waals surface area contributed by atoms with Gasteiger partial charge in [0, 0.05) is 19.3 Å². The zero-order valence-electron chi connectivity index (χ0n) is 48.3. The first kappa shape index (κ1) is 70.1. The van der Waals surface area contributed by atoms with Crippen LogP contribution in [0, 0.1) is 0 Å². The Bertz CT molecular complexity index is 1510. The quantitative estimate of drug-likeness (QED) is 0.0261. The molecular weight excluding hydrogens is 913 g/mol. The predicted molar refractivity (Wildman–Crippen MR) is 320 cm³/mol. The third-order valence-corrected chi connectivity index (χ3v) is 13.0. The fourth-order valence-corrected chi connectivity index (χ4v) is 8.35. The van der Waals surface area contributed by atoms with Gasteiger partial charge in [0.05, 0.1) is 0 Å². The van der Waals surface area contributed by atoms with Crippen LogP contribution in [0.15, 0.2) is 109 Å². The van der Waals surface area contributed by atoms with Crippen LogP contribution in [0.4, 0.5) is 0 Å². The van der Waals surface area contributed by atoms with E-state index >= 15 is 0 Å². The highest BCUT2D eigenvalue weighted by Crippen LogP contribution is 2.16. The first-order valence-corrected chi connectivity index (χ1v) is 30.9. The fraction of sp³-hybridized carbons (Fsp3) is 0.691. The zero-order valence-corrected chi connectivity index (χ0v) is 48.3. The smallest absolute Gasteiger partial charge is 0.306 e. The lowest BCUT2D eigenvalue weighted by molar-refractivity contribution is -0.167. The van der Waals surface area contributed by atoms with E-state index in [1.165, 1.54) is 96.3 Å². The highest BCUT2D eigenvalue weighted by molar-refractivity contribution is 5.71. The number of carbonyl (C=O) groups is 3. The third-order valence-electron chi connectivity index (χ3n) is 13.0. The lowest BCUT2D eigenvalue weighted by atomic mass is 10.0. The molecule has 0 radical (unpaired) electrons. The summed E-state index contributed by atoms with van der Waals surface area (Å²) in [6.45, 7) is 6.41. The maximum Gasteiger partial charge on any atom is 0.306 e.